The van der Waals surface area contributed by atoms with Gasteiger partial charge >= 0.3 is 0 Å². The minimum atomic E-state index is -0.302. The van der Waals surface area contributed by atoms with Crippen LogP contribution in [-0.4, -0.2) is 32.9 Å². The SMILES string of the molecule is C[N-]C=Nc1nc2c(ncn2C)c(=O)[nH]1.[Re]. The third kappa shape index (κ3) is 2.18. The van der Waals surface area contributed by atoms with Gasteiger partial charge in [-0.05, 0) is 0 Å². The standard InChI is InChI=1S/C8H10N6O.Re/c1-9-3-10-8-12-6-5(7(15)13-8)11-4-14(6)2;/h3-4H,1-2H3,(H2,9,10,12,13,15);/p-1. The molecule has 0 atom stereocenters. The summed E-state index contributed by atoms with van der Waals surface area (Å²) in [5, 5.41) is 3.67. The van der Waals surface area contributed by atoms with Crippen LogP contribution in [0.5, 0.6) is 0 Å². The normalized spacial score (nSPS) is 10.6. The van der Waals surface area contributed by atoms with Crippen molar-refractivity contribution in [3.63, 3.8) is 0 Å². The summed E-state index contributed by atoms with van der Waals surface area (Å²) in [7, 11) is 3.35. The summed E-state index contributed by atoms with van der Waals surface area (Å²) in [5.41, 5.74) is 0.510. The largest absolute Gasteiger partial charge is 0.475 e. The molecule has 0 spiro atoms. The van der Waals surface area contributed by atoms with Crippen LogP contribution in [-0.2, 0) is 27.5 Å². The predicted molar refractivity (Wildman–Crippen MR) is 56.6 cm³/mol. The molecule has 2 rings (SSSR count). The molecule has 0 amide bonds. The number of H-pyrrole nitrogens is 1. The van der Waals surface area contributed by atoms with Gasteiger partial charge in [-0.2, -0.15) is 0 Å². The van der Waals surface area contributed by atoms with Crippen LogP contribution in [0.1, 0.15) is 0 Å². The Morgan fingerprint density at radius 2 is 2.38 bits per heavy atom. The molecule has 16 heavy (non-hydrogen) atoms. The Morgan fingerprint density at radius 3 is 3.06 bits per heavy atom. The average Bonchev–Trinajstić information content (AvgIpc) is 2.58. The molecule has 85 valence electrons. The predicted octanol–water partition coefficient (Wildman–Crippen LogP) is 0.317. The van der Waals surface area contributed by atoms with Crippen molar-refractivity contribution in [1.82, 2.24) is 19.5 Å². The number of hydrogen-bond donors (Lipinski definition) is 1. The minimum absolute atomic E-state index is 0. The topological polar surface area (TPSA) is 90.0 Å². The van der Waals surface area contributed by atoms with Gasteiger partial charge in [0.25, 0.3) is 5.56 Å². The Balaban J connectivity index is 0.00000128. The van der Waals surface area contributed by atoms with Crippen molar-refractivity contribution in [2.24, 2.45) is 12.0 Å². The number of aromatic nitrogens is 4. The summed E-state index contributed by atoms with van der Waals surface area (Å²) in [6.45, 7) is 0. The number of aryl methyl sites for hydroxylation is 1. The summed E-state index contributed by atoms with van der Waals surface area (Å²) in [5.74, 6) is 0.224. The molecule has 2 aromatic heterocycles. The molecular weight excluding hydrogens is 382 g/mol. The number of nitrogens with zero attached hydrogens (tertiary/aromatic N) is 5. The molecular formula is C8H9N6ORe-. The van der Waals surface area contributed by atoms with Crippen LogP contribution < -0.4 is 5.56 Å². The van der Waals surface area contributed by atoms with Crippen molar-refractivity contribution in [2.75, 3.05) is 7.05 Å². The molecule has 7 nitrogen and oxygen atoms in total. The summed E-state index contributed by atoms with van der Waals surface area (Å²) in [4.78, 5) is 25.9. The van der Waals surface area contributed by atoms with Gasteiger partial charge in [0.15, 0.2) is 11.2 Å². The minimum Gasteiger partial charge on any atom is -0.475 e. The molecule has 0 aliphatic rings. The van der Waals surface area contributed by atoms with Crippen LogP contribution >= 0.6 is 0 Å². The maximum atomic E-state index is 11.5. The molecule has 0 unspecified atom stereocenters. The van der Waals surface area contributed by atoms with Crippen LogP contribution in [0, 0.1) is 0 Å². The summed E-state index contributed by atoms with van der Waals surface area (Å²) in [6.07, 6.45) is 2.85. The number of imidazole rings is 1. The molecule has 0 saturated carbocycles. The first kappa shape index (κ1) is 12.6. The van der Waals surface area contributed by atoms with E-state index in [9.17, 15) is 4.79 Å². The molecule has 0 aliphatic carbocycles. The first-order chi connectivity index (χ1) is 7.22. The van der Waals surface area contributed by atoms with Gasteiger partial charge in [-0.15, -0.1) is 0 Å². The van der Waals surface area contributed by atoms with Crippen molar-refractivity contribution in [3.05, 3.63) is 22.0 Å². The molecule has 0 bridgehead atoms. The molecule has 0 saturated heterocycles. The van der Waals surface area contributed by atoms with Gasteiger partial charge < -0.3 is 19.9 Å². The van der Waals surface area contributed by atoms with Crippen molar-refractivity contribution in [3.8, 4) is 0 Å². The van der Waals surface area contributed by atoms with E-state index in [-0.39, 0.29) is 31.9 Å². The van der Waals surface area contributed by atoms with Crippen LogP contribution in [0.2, 0.25) is 0 Å². The average molecular weight is 391 g/mol. The fourth-order valence-electron chi connectivity index (χ4n) is 1.18. The van der Waals surface area contributed by atoms with Gasteiger partial charge in [-0.25, -0.2) is 9.97 Å². The maximum absolute atomic E-state index is 11.5. The van der Waals surface area contributed by atoms with Crippen LogP contribution in [0.3, 0.4) is 0 Å². The second kappa shape index (κ2) is 5.01. The van der Waals surface area contributed by atoms with E-state index in [4.69, 9.17) is 0 Å². The van der Waals surface area contributed by atoms with E-state index in [0.29, 0.717) is 11.2 Å². The van der Waals surface area contributed by atoms with E-state index in [1.165, 1.54) is 12.7 Å². The van der Waals surface area contributed by atoms with E-state index >= 15 is 0 Å². The summed E-state index contributed by atoms with van der Waals surface area (Å²) >= 11 is 0. The second-order valence-corrected chi connectivity index (χ2v) is 2.92. The quantitative estimate of drug-likeness (QED) is 0.591. The van der Waals surface area contributed by atoms with Gasteiger partial charge in [0.05, 0.1) is 6.33 Å². The van der Waals surface area contributed by atoms with Gasteiger partial charge in [0, 0.05) is 27.5 Å². The molecule has 1 radical (unpaired) electrons. The number of hydrogen-bond acceptors (Lipinski definition) is 4. The zero-order valence-corrected chi connectivity index (χ0v) is 11.4. The molecule has 0 aromatic carbocycles. The first-order valence-corrected chi connectivity index (χ1v) is 4.25. The fraction of sp³-hybridized carbons (Fsp3) is 0.250. The van der Waals surface area contributed by atoms with Crippen LogP contribution in [0.25, 0.3) is 16.5 Å². The van der Waals surface area contributed by atoms with E-state index in [1.807, 2.05) is 0 Å². The molecule has 0 fully saturated rings. The van der Waals surface area contributed by atoms with E-state index < -0.39 is 0 Å². The zero-order valence-electron chi connectivity index (χ0n) is 8.68. The second-order valence-electron chi connectivity index (χ2n) is 2.92. The Morgan fingerprint density at radius 1 is 1.62 bits per heavy atom. The van der Waals surface area contributed by atoms with E-state index in [1.54, 1.807) is 18.7 Å². The zero-order chi connectivity index (χ0) is 10.8. The molecule has 2 heterocycles. The first-order valence-electron chi connectivity index (χ1n) is 4.25. The third-order valence-electron chi connectivity index (χ3n) is 1.85. The summed E-state index contributed by atoms with van der Waals surface area (Å²) in [6, 6.07) is 0. The van der Waals surface area contributed by atoms with Gasteiger partial charge in [-0.3, -0.25) is 4.79 Å². The number of aliphatic imine (C=N–C) groups is 1. The Hall–Kier alpha value is -1.52. The van der Waals surface area contributed by atoms with Crippen molar-refractivity contribution in [1.29, 1.82) is 0 Å². The van der Waals surface area contributed by atoms with Gasteiger partial charge in [0.2, 0.25) is 0 Å². The maximum Gasteiger partial charge on any atom is 0.279 e. The number of rotatable bonds is 2. The Labute approximate surface area is 105 Å². The van der Waals surface area contributed by atoms with Crippen molar-refractivity contribution in [2.45, 2.75) is 0 Å². The molecule has 0 aliphatic heterocycles. The van der Waals surface area contributed by atoms with Crippen LogP contribution in [0.15, 0.2) is 16.1 Å². The van der Waals surface area contributed by atoms with Gasteiger partial charge in [0.1, 0.15) is 5.95 Å². The van der Waals surface area contributed by atoms with Gasteiger partial charge in [-0.1, -0.05) is 13.4 Å². The summed E-state index contributed by atoms with van der Waals surface area (Å²) < 4.78 is 1.66. The Bertz CT molecular complexity index is 571. The molecule has 2 aromatic rings. The number of fused-ring (bicyclic) bond motifs is 1. The van der Waals surface area contributed by atoms with Crippen molar-refractivity contribution >= 4 is 23.5 Å². The van der Waals surface area contributed by atoms with E-state index in [2.05, 4.69) is 25.3 Å². The molecule has 1 N–H and O–H groups in total. The van der Waals surface area contributed by atoms with Crippen LogP contribution in [0.4, 0.5) is 5.95 Å². The molecule has 8 heteroatoms. The van der Waals surface area contributed by atoms with E-state index in [0.717, 1.165) is 0 Å². The van der Waals surface area contributed by atoms with Crippen molar-refractivity contribution < 1.29 is 20.4 Å². The number of nitrogens with one attached hydrogen (secondary N) is 1. The monoisotopic (exact) mass is 392 g/mol. The fourth-order valence-corrected chi connectivity index (χ4v) is 1.18. The smallest absolute Gasteiger partial charge is 0.279 e. The Kier molecular flexibility index (Phi) is 3.93. The number of aromatic amines is 1. The third-order valence-corrected chi connectivity index (χ3v) is 1.85.